The zero-order chi connectivity index (χ0) is 11.1. The highest BCUT2D eigenvalue weighted by Gasteiger charge is 2.12. The molecule has 2 N–H and O–H groups in total. The van der Waals surface area contributed by atoms with E-state index in [1.165, 1.54) is 0 Å². The van der Waals surface area contributed by atoms with Crippen molar-refractivity contribution in [2.24, 2.45) is 0 Å². The van der Waals surface area contributed by atoms with Gasteiger partial charge in [-0.15, -0.1) is 0 Å². The number of piperazine rings is 1. The maximum Gasteiger partial charge on any atom is 0.232 e. The minimum atomic E-state index is 0.0630. The van der Waals surface area contributed by atoms with Crippen LogP contribution in [0.5, 0.6) is 0 Å². The molecular formula is C10H21N3OS. The highest BCUT2D eigenvalue weighted by Crippen LogP contribution is 2.03. The molecule has 15 heavy (non-hydrogen) atoms. The Bertz CT molecular complexity index is 195. The summed E-state index contributed by atoms with van der Waals surface area (Å²) in [6.07, 6.45) is 1.96. The first-order valence-electron chi connectivity index (χ1n) is 5.47. The molecule has 88 valence electrons. The number of carbonyl (C=O) groups is 1. The van der Waals surface area contributed by atoms with Crippen molar-refractivity contribution in [3.8, 4) is 0 Å². The quantitative estimate of drug-likeness (QED) is 0.685. The van der Waals surface area contributed by atoms with Gasteiger partial charge in [0.25, 0.3) is 0 Å². The van der Waals surface area contributed by atoms with Crippen LogP contribution in [0, 0.1) is 0 Å². The van der Waals surface area contributed by atoms with Crippen LogP contribution in [0.4, 0.5) is 0 Å². The van der Waals surface area contributed by atoms with Crippen LogP contribution < -0.4 is 10.6 Å². The largest absolute Gasteiger partial charge is 0.354 e. The lowest BCUT2D eigenvalue weighted by atomic mass is 10.3. The van der Waals surface area contributed by atoms with E-state index in [-0.39, 0.29) is 11.2 Å². The maximum absolute atomic E-state index is 11.5. The Balaban J connectivity index is 2.07. The summed E-state index contributed by atoms with van der Waals surface area (Å²) in [5.41, 5.74) is 0. The molecule has 0 aromatic heterocycles. The first-order chi connectivity index (χ1) is 7.24. The third-order valence-electron chi connectivity index (χ3n) is 2.66. The summed E-state index contributed by atoms with van der Waals surface area (Å²) in [4.78, 5) is 13.8. The van der Waals surface area contributed by atoms with E-state index < -0.39 is 0 Å². The predicted molar refractivity (Wildman–Crippen MR) is 65.3 cm³/mol. The second-order valence-electron chi connectivity index (χ2n) is 3.76. The van der Waals surface area contributed by atoms with Crippen molar-refractivity contribution in [1.29, 1.82) is 0 Å². The van der Waals surface area contributed by atoms with Gasteiger partial charge in [0.1, 0.15) is 0 Å². The van der Waals surface area contributed by atoms with Crippen LogP contribution in [0.2, 0.25) is 0 Å². The third kappa shape index (κ3) is 4.86. The van der Waals surface area contributed by atoms with Crippen LogP contribution in [0.3, 0.4) is 0 Å². The molecule has 4 nitrogen and oxygen atoms in total. The highest BCUT2D eigenvalue weighted by atomic mass is 32.2. The van der Waals surface area contributed by atoms with Gasteiger partial charge in [0.05, 0.1) is 5.25 Å². The van der Waals surface area contributed by atoms with Crippen molar-refractivity contribution < 1.29 is 4.79 Å². The summed E-state index contributed by atoms with van der Waals surface area (Å²) in [5.74, 6) is 0.151. The van der Waals surface area contributed by atoms with Gasteiger partial charge < -0.3 is 10.6 Å². The molecule has 0 aliphatic carbocycles. The molecular weight excluding hydrogens is 210 g/mol. The van der Waals surface area contributed by atoms with Crippen molar-refractivity contribution in [2.45, 2.75) is 12.2 Å². The number of amides is 1. The topological polar surface area (TPSA) is 44.4 Å². The van der Waals surface area contributed by atoms with Crippen LogP contribution in [0.25, 0.3) is 0 Å². The van der Waals surface area contributed by atoms with Crippen molar-refractivity contribution in [3.63, 3.8) is 0 Å². The molecule has 0 bridgehead atoms. The van der Waals surface area contributed by atoms with E-state index in [1.54, 1.807) is 11.8 Å². The number of nitrogens with zero attached hydrogens (tertiary/aromatic N) is 1. The van der Waals surface area contributed by atoms with Gasteiger partial charge in [0.2, 0.25) is 5.91 Å². The molecule has 0 unspecified atom stereocenters. The number of rotatable bonds is 5. The third-order valence-corrected chi connectivity index (χ3v) is 3.58. The predicted octanol–water partition coefficient (Wildman–Crippen LogP) is -0.241. The first-order valence-corrected chi connectivity index (χ1v) is 6.76. The molecule has 5 heteroatoms. The Hall–Kier alpha value is -0.260. The lowest BCUT2D eigenvalue weighted by molar-refractivity contribution is -0.120. The molecule has 1 fully saturated rings. The second kappa shape index (κ2) is 7.09. The standard InChI is InChI=1S/C10H21N3OS/c1-9(15-2)10(14)12-5-8-13-6-3-11-4-7-13/h9,11H,3-8H2,1-2H3,(H,12,14)/t9-/m1/s1. The summed E-state index contributed by atoms with van der Waals surface area (Å²) >= 11 is 1.58. The smallest absolute Gasteiger partial charge is 0.232 e. The van der Waals surface area contributed by atoms with Gasteiger partial charge in [-0.25, -0.2) is 0 Å². The molecule has 0 aromatic rings. The van der Waals surface area contributed by atoms with Crippen molar-refractivity contribution in [2.75, 3.05) is 45.5 Å². The van der Waals surface area contributed by atoms with Crippen molar-refractivity contribution in [1.82, 2.24) is 15.5 Å². The number of nitrogens with one attached hydrogen (secondary N) is 2. The molecule has 0 radical (unpaired) electrons. The monoisotopic (exact) mass is 231 g/mol. The van der Waals surface area contributed by atoms with E-state index in [4.69, 9.17) is 0 Å². The molecule has 1 atom stereocenters. The summed E-state index contributed by atoms with van der Waals surface area (Å²) in [7, 11) is 0. The van der Waals surface area contributed by atoms with Crippen LogP contribution in [-0.2, 0) is 4.79 Å². The summed E-state index contributed by atoms with van der Waals surface area (Å²) < 4.78 is 0. The normalized spacial score (nSPS) is 19.9. The van der Waals surface area contributed by atoms with E-state index in [1.807, 2.05) is 13.2 Å². The lowest BCUT2D eigenvalue weighted by Crippen LogP contribution is -2.46. The van der Waals surface area contributed by atoms with Gasteiger partial charge in [-0.2, -0.15) is 11.8 Å². The number of hydrogen-bond donors (Lipinski definition) is 2. The minimum Gasteiger partial charge on any atom is -0.354 e. The molecule has 1 saturated heterocycles. The van der Waals surface area contributed by atoms with E-state index in [0.717, 1.165) is 39.3 Å². The van der Waals surface area contributed by atoms with Crippen molar-refractivity contribution in [3.05, 3.63) is 0 Å². The van der Waals surface area contributed by atoms with Crippen LogP contribution in [0.15, 0.2) is 0 Å². The Labute approximate surface area is 96.2 Å². The number of thioether (sulfide) groups is 1. The summed E-state index contributed by atoms with van der Waals surface area (Å²) in [6, 6.07) is 0. The maximum atomic E-state index is 11.5. The minimum absolute atomic E-state index is 0.0630. The van der Waals surface area contributed by atoms with Crippen LogP contribution >= 0.6 is 11.8 Å². The van der Waals surface area contributed by atoms with E-state index in [9.17, 15) is 4.79 Å². The molecule has 1 heterocycles. The second-order valence-corrected chi connectivity index (χ2v) is 4.94. The molecule has 1 amide bonds. The highest BCUT2D eigenvalue weighted by molar-refractivity contribution is 7.99. The average molecular weight is 231 g/mol. The molecule has 1 aliphatic rings. The zero-order valence-electron chi connectivity index (χ0n) is 9.58. The average Bonchev–Trinajstić information content (AvgIpc) is 2.29. The van der Waals surface area contributed by atoms with Gasteiger partial charge in [-0.3, -0.25) is 9.69 Å². The first kappa shape index (κ1) is 12.8. The molecule has 0 aromatic carbocycles. The summed E-state index contributed by atoms with van der Waals surface area (Å²) in [6.45, 7) is 7.98. The van der Waals surface area contributed by atoms with Gasteiger partial charge in [0, 0.05) is 39.3 Å². The fraction of sp³-hybridized carbons (Fsp3) is 0.900. The molecule has 1 aliphatic heterocycles. The Kier molecular flexibility index (Phi) is 6.05. The Morgan fingerprint density at radius 1 is 1.53 bits per heavy atom. The molecule has 0 spiro atoms. The zero-order valence-corrected chi connectivity index (χ0v) is 10.4. The fourth-order valence-corrected chi connectivity index (χ4v) is 1.82. The van der Waals surface area contributed by atoms with E-state index in [0.29, 0.717) is 0 Å². The van der Waals surface area contributed by atoms with Gasteiger partial charge in [0.15, 0.2) is 0 Å². The van der Waals surface area contributed by atoms with Gasteiger partial charge in [-0.05, 0) is 13.2 Å². The van der Waals surface area contributed by atoms with E-state index >= 15 is 0 Å². The lowest BCUT2D eigenvalue weighted by Gasteiger charge is -2.27. The Morgan fingerprint density at radius 3 is 2.80 bits per heavy atom. The number of hydrogen-bond acceptors (Lipinski definition) is 4. The molecule has 0 saturated carbocycles. The Morgan fingerprint density at radius 2 is 2.20 bits per heavy atom. The molecule has 1 rings (SSSR count). The van der Waals surface area contributed by atoms with Gasteiger partial charge >= 0.3 is 0 Å². The fourth-order valence-electron chi connectivity index (χ4n) is 1.52. The summed E-state index contributed by atoms with van der Waals surface area (Å²) in [5, 5.41) is 6.33. The van der Waals surface area contributed by atoms with Crippen LogP contribution in [-0.4, -0.2) is 61.6 Å². The van der Waals surface area contributed by atoms with Crippen molar-refractivity contribution >= 4 is 17.7 Å². The van der Waals surface area contributed by atoms with Gasteiger partial charge in [-0.1, -0.05) is 0 Å². The van der Waals surface area contributed by atoms with Crippen LogP contribution in [0.1, 0.15) is 6.92 Å². The van der Waals surface area contributed by atoms with E-state index in [2.05, 4.69) is 15.5 Å². The number of carbonyl (C=O) groups excluding carboxylic acids is 1. The SMILES string of the molecule is CS[C@H](C)C(=O)NCCN1CCNCC1.